The topological polar surface area (TPSA) is 21.3 Å². The third kappa shape index (κ3) is 11.7. The fourth-order valence-electron chi connectivity index (χ4n) is 1.11. The van der Waals surface area contributed by atoms with Gasteiger partial charge in [-0.1, -0.05) is 19.9 Å². The molecule has 0 saturated carbocycles. The summed E-state index contributed by atoms with van der Waals surface area (Å²) < 4.78 is 5.47. The molecule has 0 aromatic heterocycles. The molecule has 84 valence electrons. The molecule has 2 nitrogen and oxygen atoms in total. The van der Waals surface area contributed by atoms with Gasteiger partial charge in [-0.2, -0.15) is 0 Å². The first-order valence-corrected chi connectivity index (χ1v) is 5.66. The Balaban J connectivity index is 2.88. The lowest BCUT2D eigenvalue weighted by Crippen LogP contribution is -2.18. The standard InChI is InChI=1S/C12H25NO/c1-4-5-6-8-13-9-7-10-14-11-12(2)3/h4,12-13H,1,5-11H2,2-3H3. The van der Waals surface area contributed by atoms with Crippen LogP contribution in [0.2, 0.25) is 0 Å². The Morgan fingerprint density at radius 3 is 2.64 bits per heavy atom. The molecule has 0 bridgehead atoms. The maximum atomic E-state index is 5.47. The lowest BCUT2D eigenvalue weighted by Gasteiger charge is -2.07. The molecule has 0 saturated heterocycles. The van der Waals surface area contributed by atoms with Crippen LogP contribution in [0.3, 0.4) is 0 Å². The van der Waals surface area contributed by atoms with Gasteiger partial charge in [-0.15, -0.1) is 6.58 Å². The predicted molar refractivity (Wildman–Crippen MR) is 62.6 cm³/mol. The molecule has 0 atom stereocenters. The van der Waals surface area contributed by atoms with Crippen molar-refractivity contribution in [1.29, 1.82) is 0 Å². The van der Waals surface area contributed by atoms with Crippen molar-refractivity contribution in [3.05, 3.63) is 12.7 Å². The van der Waals surface area contributed by atoms with Crippen LogP contribution in [0.5, 0.6) is 0 Å². The van der Waals surface area contributed by atoms with Crippen LogP contribution in [0.4, 0.5) is 0 Å². The van der Waals surface area contributed by atoms with Gasteiger partial charge in [0.15, 0.2) is 0 Å². The van der Waals surface area contributed by atoms with Gasteiger partial charge in [0.05, 0.1) is 0 Å². The molecular formula is C12H25NO. The molecule has 1 N–H and O–H groups in total. The van der Waals surface area contributed by atoms with Crippen LogP contribution in [0, 0.1) is 5.92 Å². The summed E-state index contributed by atoms with van der Waals surface area (Å²) in [5.74, 6) is 0.649. The third-order valence-corrected chi connectivity index (χ3v) is 1.86. The molecule has 0 aliphatic rings. The molecule has 0 fully saturated rings. The minimum Gasteiger partial charge on any atom is -0.381 e. The summed E-state index contributed by atoms with van der Waals surface area (Å²) in [6, 6.07) is 0. The maximum absolute atomic E-state index is 5.47. The van der Waals surface area contributed by atoms with Crippen LogP contribution < -0.4 is 5.32 Å². The van der Waals surface area contributed by atoms with E-state index in [2.05, 4.69) is 25.7 Å². The summed E-state index contributed by atoms with van der Waals surface area (Å²) in [5.41, 5.74) is 0. The number of unbranched alkanes of at least 4 members (excludes halogenated alkanes) is 1. The second kappa shape index (κ2) is 10.7. The van der Waals surface area contributed by atoms with Crippen LogP contribution in [0.25, 0.3) is 0 Å². The lowest BCUT2D eigenvalue weighted by molar-refractivity contribution is 0.108. The average molecular weight is 199 g/mol. The van der Waals surface area contributed by atoms with Crippen molar-refractivity contribution in [2.75, 3.05) is 26.3 Å². The summed E-state index contributed by atoms with van der Waals surface area (Å²) in [4.78, 5) is 0. The number of nitrogens with one attached hydrogen (secondary N) is 1. The van der Waals surface area contributed by atoms with Crippen molar-refractivity contribution in [2.24, 2.45) is 5.92 Å². The first-order chi connectivity index (χ1) is 6.77. The third-order valence-electron chi connectivity index (χ3n) is 1.86. The zero-order chi connectivity index (χ0) is 10.6. The first kappa shape index (κ1) is 13.7. The van der Waals surface area contributed by atoms with Gasteiger partial charge in [0.2, 0.25) is 0 Å². The highest BCUT2D eigenvalue weighted by Crippen LogP contribution is 1.93. The number of hydrogen-bond acceptors (Lipinski definition) is 2. The Hall–Kier alpha value is -0.340. The molecule has 0 aromatic rings. The summed E-state index contributed by atoms with van der Waals surface area (Å²) >= 11 is 0. The van der Waals surface area contributed by atoms with E-state index in [-0.39, 0.29) is 0 Å². The molecule has 0 aliphatic heterocycles. The van der Waals surface area contributed by atoms with E-state index >= 15 is 0 Å². The summed E-state index contributed by atoms with van der Waals surface area (Å²) in [7, 11) is 0. The summed E-state index contributed by atoms with van der Waals surface area (Å²) in [6.07, 6.45) is 5.38. The number of allylic oxidation sites excluding steroid dienone is 1. The Kier molecular flexibility index (Phi) is 10.5. The van der Waals surface area contributed by atoms with Crippen molar-refractivity contribution in [3.8, 4) is 0 Å². The molecule has 0 aliphatic carbocycles. The van der Waals surface area contributed by atoms with Gasteiger partial charge in [0, 0.05) is 13.2 Å². The average Bonchev–Trinajstić information content (AvgIpc) is 2.15. The van der Waals surface area contributed by atoms with E-state index in [4.69, 9.17) is 4.74 Å². The highest BCUT2D eigenvalue weighted by atomic mass is 16.5. The van der Waals surface area contributed by atoms with E-state index in [9.17, 15) is 0 Å². The Morgan fingerprint density at radius 2 is 2.00 bits per heavy atom. The second-order valence-corrected chi connectivity index (χ2v) is 4.00. The number of hydrogen-bond donors (Lipinski definition) is 1. The van der Waals surface area contributed by atoms with E-state index < -0.39 is 0 Å². The van der Waals surface area contributed by atoms with Crippen molar-refractivity contribution < 1.29 is 4.74 Å². The van der Waals surface area contributed by atoms with Gasteiger partial charge in [-0.05, 0) is 38.3 Å². The van der Waals surface area contributed by atoms with Gasteiger partial charge >= 0.3 is 0 Å². The quantitative estimate of drug-likeness (QED) is 0.431. The zero-order valence-corrected chi connectivity index (χ0v) is 9.72. The SMILES string of the molecule is C=CCCCNCCCOCC(C)C. The van der Waals surface area contributed by atoms with Crippen LogP contribution in [-0.2, 0) is 4.74 Å². The van der Waals surface area contributed by atoms with Gasteiger partial charge < -0.3 is 10.1 Å². The van der Waals surface area contributed by atoms with E-state index in [1.165, 1.54) is 6.42 Å². The molecule has 0 unspecified atom stereocenters. The highest BCUT2D eigenvalue weighted by molar-refractivity contribution is 4.66. The smallest absolute Gasteiger partial charge is 0.0489 e. The van der Waals surface area contributed by atoms with Gasteiger partial charge in [0.25, 0.3) is 0 Å². The minimum atomic E-state index is 0.649. The molecule has 14 heavy (non-hydrogen) atoms. The van der Waals surface area contributed by atoms with Crippen LogP contribution in [0.1, 0.15) is 33.1 Å². The number of ether oxygens (including phenoxy) is 1. The van der Waals surface area contributed by atoms with E-state index in [1.807, 2.05) is 6.08 Å². The molecule has 0 rings (SSSR count). The van der Waals surface area contributed by atoms with Crippen LogP contribution in [0.15, 0.2) is 12.7 Å². The lowest BCUT2D eigenvalue weighted by atomic mass is 10.2. The van der Waals surface area contributed by atoms with Crippen LogP contribution in [-0.4, -0.2) is 26.3 Å². The molecule has 0 amide bonds. The normalized spacial score (nSPS) is 10.8. The van der Waals surface area contributed by atoms with Crippen molar-refractivity contribution >= 4 is 0 Å². The van der Waals surface area contributed by atoms with E-state index in [0.29, 0.717) is 5.92 Å². The zero-order valence-electron chi connectivity index (χ0n) is 9.72. The first-order valence-electron chi connectivity index (χ1n) is 5.66. The molecule has 2 heteroatoms. The van der Waals surface area contributed by atoms with Gasteiger partial charge in [-0.25, -0.2) is 0 Å². The molecular weight excluding hydrogens is 174 g/mol. The Morgan fingerprint density at radius 1 is 1.29 bits per heavy atom. The van der Waals surface area contributed by atoms with Crippen molar-refractivity contribution in [2.45, 2.75) is 33.1 Å². The largest absolute Gasteiger partial charge is 0.381 e. The molecule has 0 aromatic carbocycles. The fraction of sp³-hybridized carbons (Fsp3) is 0.833. The van der Waals surface area contributed by atoms with Crippen molar-refractivity contribution in [1.82, 2.24) is 5.32 Å². The summed E-state index contributed by atoms with van der Waals surface area (Å²) in [5, 5.41) is 3.38. The second-order valence-electron chi connectivity index (χ2n) is 4.00. The van der Waals surface area contributed by atoms with Crippen LogP contribution >= 0.6 is 0 Å². The number of rotatable bonds is 10. The molecule has 0 heterocycles. The van der Waals surface area contributed by atoms with E-state index in [1.54, 1.807) is 0 Å². The maximum Gasteiger partial charge on any atom is 0.0489 e. The molecule has 0 radical (unpaired) electrons. The van der Waals surface area contributed by atoms with E-state index in [0.717, 1.165) is 39.1 Å². The monoisotopic (exact) mass is 199 g/mol. The molecule has 0 spiro atoms. The fourth-order valence-corrected chi connectivity index (χ4v) is 1.11. The van der Waals surface area contributed by atoms with Crippen molar-refractivity contribution in [3.63, 3.8) is 0 Å². The van der Waals surface area contributed by atoms with Gasteiger partial charge in [0.1, 0.15) is 0 Å². The Labute approximate surface area is 88.7 Å². The summed E-state index contributed by atoms with van der Waals surface area (Å²) in [6.45, 7) is 12.0. The highest BCUT2D eigenvalue weighted by Gasteiger charge is 1.93. The predicted octanol–water partition coefficient (Wildman–Crippen LogP) is 2.60. The van der Waals surface area contributed by atoms with Gasteiger partial charge in [-0.3, -0.25) is 0 Å². The minimum absolute atomic E-state index is 0.649. The Bertz CT molecular complexity index is 123.